The van der Waals surface area contributed by atoms with Crippen LogP contribution in [0.3, 0.4) is 0 Å². The van der Waals surface area contributed by atoms with Gasteiger partial charge in [-0.3, -0.25) is 4.79 Å². The van der Waals surface area contributed by atoms with Crippen molar-refractivity contribution in [3.8, 4) is 0 Å². The molecule has 0 saturated heterocycles. The first-order valence-corrected chi connectivity index (χ1v) is 7.80. The number of hydrogen-bond donors (Lipinski definition) is 0. The predicted octanol–water partition coefficient (Wildman–Crippen LogP) is 4.74. The van der Waals surface area contributed by atoms with Crippen molar-refractivity contribution in [2.24, 2.45) is 17.8 Å². The predicted molar refractivity (Wildman–Crippen MR) is 71.9 cm³/mol. The summed E-state index contributed by atoms with van der Waals surface area (Å²) in [5.41, 5.74) is 0. The number of Topliss-reactive ketones (excluding diaryl/α,β-unsaturated/α-hetero) is 1. The maximum absolute atomic E-state index is 12.0. The highest BCUT2D eigenvalue weighted by Gasteiger charge is 2.24. The zero-order valence-electron chi connectivity index (χ0n) is 11.4. The molecule has 17 heavy (non-hydrogen) atoms. The van der Waals surface area contributed by atoms with Crippen molar-refractivity contribution in [3.63, 3.8) is 0 Å². The Balaban J connectivity index is 1.67. The van der Waals surface area contributed by atoms with Gasteiger partial charge in [-0.2, -0.15) is 0 Å². The number of carbonyl (C=O) groups excluding carboxylic acids is 1. The fraction of sp³-hybridized carbons (Fsp3) is 0.938. The molecule has 2 saturated carbocycles. The summed E-state index contributed by atoms with van der Waals surface area (Å²) < 4.78 is 0. The van der Waals surface area contributed by atoms with Gasteiger partial charge in [-0.25, -0.2) is 0 Å². The van der Waals surface area contributed by atoms with Crippen molar-refractivity contribution in [2.75, 3.05) is 0 Å². The minimum absolute atomic E-state index is 0.438. The molecule has 2 fully saturated rings. The first-order valence-electron chi connectivity index (χ1n) is 7.80. The molecule has 1 atom stereocenters. The lowest BCUT2D eigenvalue weighted by Crippen LogP contribution is -2.18. The third kappa shape index (κ3) is 3.82. The highest BCUT2D eigenvalue weighted by molar-refractivity contribution is 5.81. The van der Waals surface area contributed by atoms with E-state index in [0.717, 1.165) is 24.7 Å². The van der Waals surface area contributed by atoms with E-state index < -0.39 is 0 Å². The molecule has 0 bridgehead atoms. The third-order valence-corrected chi connectivity index (χ3v) is 5.11. The van der Waals surface area contributed by atoms with Gasteiger partial charge in [0.15, 0.2) is 0 Å². The maximum atomic E-state index is 12.0. The van der Waals surface area contributed by atoms with Crippen LogP contribution in [0.25, 0.3) is 0 Å². The number of ketones is 1. The van der Waals surface area contributed by atoms with Crippen LogP contribution in [0, 0.1) is 17.8 Å². The number of carbonyl (C=O) groups is 1. The van der Waals surface area contributed by atoms with E-state index in [1.54, 1.807) is 0 Å². The Bertz CT molecular complexity index is 234. The maximum Gasteiger partial charge on any atom is 0.135 e. The number of rotatable bonds is 5. The second-order valence-corrected chi connectivity index (χ2v) is 6.36. The second-order valence-electron chi connectivity index (χ2n) is 6.36. The van der Waals surface area contributed by atoms with Crippen molar-refractivity contribution >= 4 is 5.78 Å². The Morgan fingerprint density at radius 3 is 2.24 bits per heavy atom. The molecule has 0 aromatic rings. The summed E-state index contributed by atoms with van der Waals surface area (Å²) in [4.78, 5) is 12.0. The molecule has 0 heterocycles. The molecule has 0 aliphatic heterocycles. The fourth-order valence-corrected chi connectivity index (χ4v) is 3.76. The summed E-state index contributed by atoms with van der Waals surface area (Å²) in [5.74, 6) is 2.71. The van der Waals surface area contributed by atoms with Crippen LogP contribution in [0.15, 0.2) is 0 Å². The molecule has 0 aromatic heterocycles. The van der Waals surface area contributed by atoms with Crippen LogP contribution in [0.2, 0.25) is 0 Å². The van der Waals surface area contributed by atoms with Gasteiger partial charge in [0.25, 0.3) is 0 Å². The first kappa shape index (κ1) is 13.1. The van der Waals surface area contributed by atoms with Gasteiger partial charge in [-0.05, 0) is 31.1 Å². The number of hydrogen-bond acceptors (Lipinski definition) is 1. The van der Waals surface area contributed by atoms with Crippen LogP contribution < -0.4 is 0 Å². The molecule has 98 valence electrons. The summed E-state index contributed by atoms with van der Waals surface area (Å²) in [6.45, 7) is 2.37. The van der Waals surface area contributed by atoms with E-state index in [9.17, 15) is 4.79 Å². The third-order valence-electron chi connectivity index (χ3n) is 5.11. The van der Waals surface area contributed by atoms with Gasteiger partial charge in [-0.1, -0.05) is 51.9 Å². The molecule has 0 amide bonds. The molecule has 1 heteroatoms. The lowest BCUT2D eigenvalue weighted by molar-refractivity contribution is -0.123. The Morgan fingerprint density at radius 2 is 1.59 bits per heavy atom. The molecule has 0 unspecified atom stereocenters. The summed E-state index contributed by atoms with van der Waals surface area (Å²) >= 11 is 0. The molecule has 2 aliphatic rings. The summed E-state index contributed by atoms with van der Waals surface area (Å²) in [5, 5.41) is 0. The second kappa shape index (κ2) is 6.56. The van der Waals surface area contributed by atoms with Crippen molar-refractivity contribution in [2.45, 2.75) is 77.6 Å². The van der Waals surface area contributed by atoms with Gasteiger partial charge in [0.2, 0.25) is 0 Å². The Kier molecular flexibility index (Phi) is 5.06. The topological polar surface area (TPSA) is 17.1 Å². The molecule has 2 aliphatic carbocycles. The molecular weight excluding hydrogens is 208 g/mol. The normalized spacial score (nSPS) is 25.0. The van der Waals surface area contributed by atoms with Gasteiger partial charge in [0, 0.05) is 12.3 Å². The highest BCUT2D eigenvalue weighted by Crippen LogP contribution is 2.33. The zero-order chi connectivity index (χ0) is 12.1. The summed E-state index contributed by atoms with van der Waals surface area (Å²) in [6, 6.07) is 0. The van der Waals surface area contributed by atoms with Gasteiger partial charge in [-0.15, -0.1) is 0 Å². The lowest BCUT2D eigenvalue weighted by Gasteiger charge is -2.27. The van der Waals surface area contributed by atoms with Crippen molar-refractivity contribution in [1.82, 2.24) is 0 Å². The average molecular weight is 236 g/mol. The standard InChI is InChI=1S/C16H28O/c1-13(14-7-3-2-4-8-14)11-12-16(17)15-9-5-6-10-15/h13-15H,2-12H2,1H3/t13-/m1/s1. The molecule has 0 spiro atoms. The van der Waals surface area contributed by atoms with E-state index in [-0.39, 0.29) is 0 Å². The zero-order valence-corrected chi connectivity index (χ0v) is 11.4. The van der Waals surface area contributed by atoms with Crippen LogP contribution in [0.4, 0.5) is 0 Å². The Morgan fingerprint density at radius 1 is 1.00 bits per heavy atom. The van der Waals surface area contributed by atoms with Gasteiger partial charge >= 0.3 is 0 Å². The van der Waals surface area contributed by atoms with E-state index in [1.165, 1.54) is 57.8 Å². The highest BCUT2D eigenvalue weighted by atomic mass is 16.1. The van der Waals surface area contributed by atoms with Crippen LogP contribution in [-0.2, 0) is 4.79 Å². The molecule has 0 N–H and O–H groups in total. The fourth-order valence-electron chi connectivity index (χ4n) is 3.76. The minimum atomic E-state index is 0.438. The lowest BCUT2D eigenvalue weighted by atomic mass is 9.78. The summed E-state index contributed by atoms with van der Waals surface area (Å²) in [6.07, 6.45) is 14.1. The summed E-state index contributed by atoms with van der Waals surface area (Å²) in [7, 11) is 0. The van der Waals surface area contributed by atoms with Crippen molar-refractivity contribution in [3.05, 3.63) is 0 Å². The van der Waals surface area contributed by atoms with E-state index in [2.05, 4.69) is 6.92 Å². The average Bonchev–Trinajstić information content (AvgIpc) is 2.90. The van der Waals surface area contributed by atoms with Crippen LogP contribution >= 0.6 is 0 Å². The van der Waals surface area contributed by atoms with Crippen LogP contribution in [-0.4, -0.2) is 5.78 Å². The molecule has 2 rings (SSSR count). The first-order chi connectivity index (χ1) is 8.27. The van der Waals surface area contributed by atoms with Crippen molar-refractivity contribution in [1.29, 1.82) is 0 Å². The van der Waals surface area contributed by atoms with E-state index in [4.69, 9.17) is 0 Å². The van der Waals surface area contributed by atoms with Crippen molar-refractivity contribution < 1.29 is 4.79 Å². The Labute approximate surface area is 106 Å². The largest absolute Gasteiger partial charge is 0.299 e. The minimum Gasteiger partial charge on any atom is -0.299 e. The van der Waals surface area contributed by atoms with E-state index in [1.807, 2.05) is 0 Å². The monoisotopic (exact) mass is 236 g/mol. The van der Waals surface area contributed by atoms with E-state index >= 15 is 0 Å². The SMILES string of the molecule is C[C@H](CCC(=O)C1CCCC1)C1CCCCC1. The molecule has 1 nitrogen and oxygen atoms in total. The van der Waals surface area contributed by atoms with E-state index in [0.29, 0.717) is 11.7 Å². The molecule has 0 aromatic carbocycles. The smallest absolute Gasteiger partial charge is 0.135 e. The van der Waals surface area contributed by atoms with Gasteiger partial charge < -0.3 is 0 Å². The molecular formula is C16H28O. The Hall–Kier alpha value is -0.330. The van der Waals surface area contributed by atoms with Gasteiger partial charge in [0.1, 0.15) is 5.78 Å². The van der Waals surface area contributed by atoms with Gasteiger partial charge in [0.05, 0.1) is 0 Å². The van der Waals surface area contributed by atoms with Crippen LogP contribution in [0.1, 0.15) is 77.6 Å². The van der Waals surface area contributed by atoms with Crippen LogP contribution in [0.5, 0.6) is 0 Å². The quantitative estimate of drug-likeness (QED) is 0.673. The molecule has 0 radical (unpaired) electrons.